The summed E-state index contributed by atoms with van der Waals surface area (Å²) < 4.78 is 18.5. The van der Waals surface area contributed by atoms with E-state index in [-0.39, 0.29) is 5.56 Å². The van der Waals surface area contributed by atoms with Crippen LogP contribution in [0.1, 0.15) is 25.1 Å². The van der Waals surface area contributed by atoms with Crippen molar-refractivity contribution < 1.29 is 19.0 Å². The van der Waals surface area contributed by atoms with Gasteiger partial charge in [0, 0.05) is 5.56 Å². The summed E-state index contributed by atoms with van der Waals surface area (Å²) in [6.07, 6.45) is -1.24. The Morgan fingerprint density at radius 1 is 1.53 bits per heavy atom. The molecule has 1 aromatic carbocycles. The summed E-state index contributed by atoms with van der Waals surface area (Å²) >= 11 is 0. The summed E-state index contributed by atoms with van der Waals surface area (Å²) in [4.78, 5) is 10.5. The molecular formula is C11H13FO3. The van der Waals surface area contributed by atoms with E-state index in [1.165, 1.54) is 6.07 Å². The number of carbonyl (C=O) groups is 1. The molecule has 3 nitrogen and oxygen atoms in total. The lowest BCUT2D eigenvalue weighted by Crippen LogP contribution is -2.08. The van der Waals surface area contributed by atoms with Crippen molar-refractivity contribution in [1.29, 1.82) is 0 Å². The van der Waals surface area contributed by atoms with Crippen LogP contribution in [0.4, 0.5) is 4.39 Å². The second kappa shape index (κ2) is 5.34. The van der Waals surface area contributed by atoms with Gasteiger partial charge in [-0.25, -0.2) is 9.18 Å². The third-order valence-corrected chi connectivity index (χ3v) is 1.87. The molecule has 1 aromatic rings. The molecule has 0 aliphatic carbocycles. The number of halogens is 1. The number of ether oxygens (including phenoxy) is 1. The topological polar surface area (TPSA) is 46.5 Å². The minimum Gasteiger partial charge on any atom is -0.493 e. The summed E-state index contributed by atoms with van der Waals surface area (Å²) in [5.41, 5.74) is 0.0680. The van der Waals surface area contributed by atoms with Crippen LogP contribution >= 0.6 is 0 Å². The van der Waals surface area contributed by atoms with Crippen molar-refractivity contribution in [2.24, 2.45) is 0 Å². The average molecular weight is 212 g/mol. The summed E-state index contributed by atoms with van der Waals surface area (Å²) in [6, 6.07) is 6.26. The zero-order valence-electron chi connectivity index (χ0n) is 8.44. The van der Waals surface area contributed by atoms with Gasteiger partial charge in [-0.2, -0.15) is 0 Å². The maximum Gasteiger partial charge on any atom is 0.343 e. The van der Waals surface area contributed by atoms with E-state index < -0.39 is 12.1 Å². The van der Waals surface area contributed by atoms with Crippen molar-refractivity contribution in [2.75, 3.05) is 6.61 Å². The highest BCUT2D eigenvalue weighted by Crippen LogP contribution is 2.27. The van der Waals surface area contributed by atoms with E-state index in [9.17, 15) is 9.18 Å². The number of carboxylic acids is 1. The Morgan fingerprint density at radius 2 is 2.20 bits per heavy atom. The van der Waals surface area contributed by atoms with Crippen LogP contribution in [0.15, 0.2) is 24.3 Å². The van der Waals surface area contributed by atoms with Gasteiger partial charge in [-0.15, -0.1) is 0 Å². The molecule has 0 fully saturated rings. The molecular weight excluding hydrogens is 199 g/mol. The first-order valence-corrected chi connectivity index (χ1v) is 4.75. The normalized spacial score (nSPS) is 12.1. The van der Waals surface area contributed by atoms with Crippen LogP contribution in [-0.2, 0) is 4.79 Å². The number of alkyl halides is 1. The molecule has 1 rings (SSSR count). The van der Waals surface area contributed by atoms with Gasteiger partial charge in [0.15, 0.2) is 0 Å². The summed E-state index contributed by atoms with van der Waals surface area (Å²) in [5, 5.41) is 8.55. The van der Waals surface area contributed by atoms with Crippen molar-refractivity contribution in [2.45, 2.75) is 19.5 Å². The van der Waals surface area contributed by atoms with Crippen LogP contribution in [0.2, 0.25) is 0 Å². The maximum absolute atomic E-state index is 13.3. The Balaban J connectivity index is 2.90. The molecule has 0 radical (unpaired) electrons. The van der Waals surface area contributed by atoms with Crippen molar-refractivity contribution in [1.82, 2.24) is 0 Å². The fourth-order valence-electron chi connectivity index (χ4n) is 1.17. The number of hydrogen-bond acceptors (Lipinski definition) is 2. The molecule has 0 aliphatic heterocycles. The van der Waals surface area contributed by atoms with E-state index in [2.05, 4.69) is 0 Å². The molecule has 0 amide bonds. The predicted molar refractivity (Wildman–Crippen MR) is 53.7 cm³/mol. The molecule has 0 bridgehead atoms. The third-order valence-electron chi connectivity index (χ3n) is 1.87. The van der Waals surface area contributed by atoms with Gasteiger partial charge in [0.25, 0.3) is 0 Å². The maximum atomic E-state index is 13.3. The number of aliphatic carboxylic acids is 1. The number of rotatable bonds is 5. The fraction of sp³-hybridized carbons (Fsp3) is 0.364. The van der Waals surface area contributed by atoms with E-state index in [0.717, 1.165) is 6.42 Å². The highest BCUT2D eigenvalue weighted by atomic mass is 19.1. The predicted octanol–water partition coefficient (Wildman–Crippen LogP) is 2.57. The fourth-order valence-corrected chi connectivity index (χ4v) is 1.17. The number of benzene rings is 1. The van der Waals surface area contributed by atoms with Crippen molar-refractivity contribution in [3.8, 4) is 5.75 Å². The van der Waals surface area contributed by atoms with Gasteiger partial charge in [-0.05, 0) is 12.5 Å². The Kier molecular flexibility index (Phi) is 4.09. The lowest BCUT2D eigenvalue weighted by Gasteiger charge is -2.11. The van der Waals surface area contributed by atoms with Gasteiger partial charge in [0.05, 0.1) is 6.61 Å². The Bertz CT molecular complexity index is 338. The number of carboxylic acid groups (broad SMARTS) is 1. The number of hydrogen-bond donors (Lipinski definition) is 1. The molecule has 1 N–H and O–H groups in total. The van der Waals surface area contributed by atoms with Crippen LogP contribution in [0, 0.1) is 0 Å². The van der Waals surface area contributed by atoms with Crippen molar-refractivity contribution in [3.63, 3.8) is 0 Å². The summed E-state index contributed by atoms with van der Waals surface area (Å²) in [5.74, 6) is -1.20. The first kappa shape index (κ1) is 11.5. The van der Waals surface area contributed by atoms with Crippen LogP contribution in [0.3, 0.4) is 0 Å². The van der Waals surface area contributed by atoms with Gasteiger partial charge < -0.3 is 9.84 Å². The van der Waals surface area contributed by atoms with E-state index >= 15 is 0 Å². The molecule has 4 heteroatoms. The molecule has 0 aliphatic rings. The van der Waals surface area contributed by atoms with Gasteiger partial charge in [0.2, 0.25) is 6.17 Å². The molecule has 1 unspecified atom stereocenters. The monoisotopic (exact) mass is 212 g/mol. The molecule has 1 atom stereocenters. The SMILES string of the molecule is CCCOc1ccccc1C(F)C(=O)O. The standard InChI is InChI=1S/C11H13FO3/c1-2-7-15-9-6-4-3-5-8(9)10(12)11(13)14/h3-6,10H,2,7H2,1H3,(H,13,14). The minimum atomic E-state index is -2.03. The van der Waals surface area contributed by atoms with E-state index in [1.54, 1.807) is 18.2 Å². The highest BCUT2D eigenvalue weighted by Gasteiger charge is 2.21. The summed E-state index contributed by atoms with van der Waals surface area (Å²) in [6.45, 7) is 2.37. The van der Waals surface area contributed by atoms with Crippen LogP contribution < -0.4 is 4.74 Å². The second-order valence-electron chi connectivity index (χ2n) is 3.09. The lowest BCUT2D eigenvalue weighted by molar-refractivity contribution is -0.143. The second-order valence-corrected chi connectivity index (χ2v) is 3.09. The zero-order chi connectivity index (χ0) is 11.3. The van der Waals surface area contributed by atoms with Crippen LogP contribution in [0.25, 0.3) is 0 Å². The molecule has 82 valence electrons. The van der Waals surface area contributed by atoms with Gasteiger partial charge in [-0.3, -0.25) is 0 Å². The Morgan fingerprint density at radius 3 is 2.80 bits per heavy atom. The smallest absolute Gasteiger partial charge is 0.343 e. The molecule has 0 spiro atoms. The minimum absolute atomic E-state index is 0.0680. The first-order valence-electron chi connectivity index (χ1n) is 4.75. The van der Waals surface area contributed by atoms with Crippen molar-refractivity contribution in [3.05, 3.63) is 29.8 Å². The lowest BCUT2D eigenvalue weighted by atomic mass is 10.1. The highest BCUT2D eigenvalue weighted by molar-refractivity contribution is 5.75. The van der Waals surface area contributed by atoms with Crippen LogP contribution in [-0.4, -0.2) is 17.7 Å². The molecule has 0 saturated carbocycles. The van der Waals surface area contributed by atoms with E-state index in [4.69, 9.17) is 9.84 Å². The Labute approximate surface area is 87.5 Å². The molecule has 0 aromatic heterocycles. The quantitative estimate of drug-likeness (QED) is 0.815. The third kappa shape index (κ3) is 2.94. The van der Waals surface area contributed by atoms with Crippen LogP contribution in [0.5, 0.6) is 5.75 Å². The number of para-hydroxylation sites is 1. The molecule has 0 heterocycles. The molecule has 0 saturated heterocycles. The first-order chi connectivity index (χ1) is 7.16. The van der Waals surface area contributed by atoms with Gasteiger partial charge in [-0.1, -0.05) is 25.1 Å². The molecule has 15 heavy (non-hydrogen) atoms. The zero-order valence-corrected chi connectivity index (χ0v) is 8.44. The largest absolute Gasteiger partial charge is 0.493 e. The average Bonchev–Trinajstić information content (AvgIpc) is 2.25. The summed E-state index contributed by atoms with van der Waals surface area (Å²) in [7, 11) is 0. The van der Waals surface area contributed by atoms with Crippen molar-refractivity contribution >= 4 is 5.97 Å². The Hall–Kier alpha value is -1.58. The van der Waals surface area contributed by atoms with E-state index in [1.807, 2.05) is 6.92 Å². The van der Waals surface area contributed by atoms with E-state index in [0.29, 0.717) is 12.4 Å². The van der Waals surface area contributed by atoms with Gasteiger partial charge in [0.1, 0.15) is 5.75 Å². The van der Waals surface area contributed by atoms with Gasteiger partial charge >= 0.3 is 5.97 Å².